The SMILES string of the molecule is CNCC1COCCN1c1ncc(C)cc1Br. The van der Waals surface area contributed by atoms with Crippen LogP contribution >= 0.6 is 15.9 Å². The first kappa shape index (κ1) is 12.8. The summed E-state index contributed by atoms with van der Waals surface area (Å²) in [6, 6.07) is 2.45. The van der Waals surface area contributed by atoms with Crippen molar-refractivity contribution in [1.82, 2.24) is 10.3 Å². The normalized spacial score (nSPS) is 20.6. The molecule has 0 amide bonds. The van der Waals surface area contributed by atoms with Crippen molar-refractivity contribution >= 4 is 21.7 Å². The van der Waals surface area contributed by atoms with Crippen LogP contribution in [0.15, 0.2) is 16.7 Å². The van der Waals surface area contributed by atoms with Crippen molar-refractivity contribution in [3.05, 3.63) is 22.3 Å². The Morgan fingerprint density at radius 1 is 1.65 bits per heavy atom. The molecule has 17 heavy (non-hydrogen) atoms. The topological polar surface area (TPSA) is 37.4 Å². The average molecular weight is 300 g/mol. The summed E-state index contributed by atoms with van der Waals surface area (Å²) in [4.78, 5) is 6.84. The smallest absolute Gasteiger partial charge is 0.143 e. The number of aromatic nitrogens is 1. The molecule has 0 aromatic carbocycles. The second-order valence-corrected chi connectivity index (χ2v) is 5.15. The molecule has 94 valence electrons. The van der Waals surface area contributed by atoms with Gasteiger partial charge in [0.25, 0.3) is 0 Å². The van der Waals surface area contributed by atoms with E-state index in [2.05, 4.69) is 37.2 Å². The molecule has 1 aliphatic heterocycles. The van der Waals surface area contributed by atoms with Crippen LogP contribution in [0.3, 0.4) is 0 Å². The van der Waals surface area contributed by atoms with Crippen molar-refractivity contribution in [1.29, 1.82) is 0 Å². The Bertz CT molecular complexity index is 384. The van der Waals surface area contributed by atoms with Gasteiger partial charge in [0.2, 0.25) is 0 Å². The maximum Gasteiger partial charge on any atom is 0.143 e. The van der Waals surface area contributed by atoms with Gasteiger partial charge in [0.1, 0.15) is 5.82 Å². The van der Waals surface area contributed by atoms with Crippen LogP contribution in [0, 0.1) is 6.92 Å². The number of anilines is 1. The zero-order valence-electron chi connectivity index (χ0n) is 10.2. The molecule has 1 aromatic heterocycles. The Morgan fingerprint density at radius 2 is 2.47 bits per heavy atom. The Balaban J connectivity index is 2.23. The van der Waals surface area contributed by atoms with Gasteiger partial charge in [-0.1, -0.05) is 0 Å². The van der Waals surface area contributed by atoms with E-state index in [1.165, 1.54) is 5.56 Å². The zero-order valence-corrected chi connectivity index (χ0v) is 11.8. The van der Waals surface area contributed by atoms with Crippen LogP contribution in [0.5, 0.6) is 0 Å². The first-order valence-corrected chi connectivity index (χ1v) is 6.63. The molecule has 1 aliphatic rings. The molecule has 1 atom stereocenters. The molecule has 1 saturated heterocycles. The standard InChI is InChI=1S/C12H18BrN3O/c1-9-5-11(13)12(15-6-9)16-3-4-17-8-10(16)7-14-2/h5-6,10,14H,3-4,7-8H2,1-2H3. The van der Waals surface area contributed by atoms with Gasteiger partial charge in [-0.2, -0.15) is 0 Å². The number of rotatable bonds is 3. The van der Waals surface area contributed by atoms with E-state index in [9.17, 15) is 0 Å². The van der Waals surface area contributed by atoms with Crippen LogP contribution in [-0.4, -0.2) is 44.4 Å². The molecule has 2 heterocycles. The van der Waals surface area contributed by atoms with E-state index in [1.807, 2.05) is 20.2 Å². The van der Waals surface area contributed by atoms with E-state index in [1.54, 1.807) is 0 Å². The molecule has 0 spiro atoms. The van der Waals surface area contributed by atoms with Crippen LogP contribution in [0.1, 0.15) is 5.56 Å². The summed E-state index contributed by atoms with van der Waals surface area (Å²) in [6.07, 6.45) is 1.91. The molecule has 5 heteroatoms. The van der Waals surface area contributed by atoms with E-state index in [0.29, 0.717) is 6.04 Å². The third kappa shape index (κ3) is 2.97. The highest BCUT2D eigenvalue weighted by Crippen LogP contribution is 2.27. The minimum Gasteiger partial charge on any atom is -0.377 e. The molecule has 0 radical (unpaired) electrons. The summed E-state index contributed by atoms with van der Waals surface area (Å²) in [5.41, 5.74) is 1.17. The van der Waals surface area contributed by atoms with E-state index >= 15 is 0 Å². The third-order valence-electron chi connectivity index (χ3n) is 2.90. The highest BCUT2D eigenvalue weighted by atomic mass is 79.9. The lowest BCUT2D eigenvalue weighted by Gasteiger charge is -2.37. The van der Waals surface area contributed by atoms with E-state index in [0.717, 1.165) is 36.6 Å². The quantitative estimate of drug-likeness (QED) is 0.919. The minimum absolute atomic E-state index is 0.347. The molecule has 0 aliphatic carbocycles. The van der Waals surface area contributed by atoms with Crippen molar-refractivity contribution in [2.24, 2.45) is 0 Å². The number of ether oxygens (including phenoxy) is 1. The summed E-state index contributed by atoms with van der Waals surface area (Å²) in [5.74, 6) is 1.01. The lowest BCUT2D eigenvalue weighted by molar-refractivity contribution is 0.0938. The second kappa shape index (κ2) is 5.80. The summed E-state index contributed by atoms with van der Waals surface area (Å²) in [7, 11) is 1.96. The fraction of sp³-hybridized carbons (Fsp3) is 0.583. The van der Waals surface area contributed by atoms with Crippen LogP contribution in [0.25, 0.3) is 0 Å². The molecule has 4 nitrogen and oxygen atoms in total. The van der Waals surface area contributed by atoms with Gasteiger partial charge in [-0.3, -0.25) is 0 Å². The number of nitrogens with zero attached hydrogens (tertiary/aromatic N) is 2. The number of aryl methyl sites for hydroxylation is 1. The fourth-order valence-electron chi connectivity index (χ4n) is 2.08. The number of morpholine rings is 1. The van der Waals surface area contributed by atoms with Gasteiger partial charge in [-0.05, 0) is 41.5 Å². The van der Waals surface area contributed by atoms with Crippen LogP contribution in [0.4, 0.5) is 5.82 Å². The van der Waals surface area contributed by atoms with Gasteiger partial charge in [0.15, 0.2) is 0 Å². The second-order valence-electron chi connectivity index (χ2n) is 4.30. The number of pyridine rings is 1. The zero-order chi connectivity index (χ0) is 12.3. The maximum absolute atomic E-state index is 5.53. The largest absolute Gasteiger partial charge is 0.377 e. The van der Waals surface area contributed by atoms with Crippen LogP contribution in [0.2, 0.25) is 0 Å². The van der Waals surface area contributed by atoms with Gasteiger partial charge in [0, 0.05) is 19.3 Å². The summed E-state index contributed by atoms with van der Waals surface area (Å²) >= 11 is 3.60. The van der Waals surface area contributed by atoms with E-state index in [-0.39, 0.29) is 0 Å². The van der Waals surface area contributed by atoms with E-state index < -0.39 is 0 Å². The first-order chi connectivity index (χ1) is 8.22. The predicted octanol–water partition coefficient (Wildman–Crippen LogP) is 1.58. The molecular weight excluding hydrogens is 282 g/mol. The average Bonchev–Trinajstić information content (AvgIpc) is 2.31. The Morgan fingerprint density at radius 3 is 3.18 bits per heavy atom. The van der Waals surface area contributed by atoms with Crippen molar-refractivity contribution in [2.45, 2.75) is 13.0 Å². The number of nitrogens with one attached hydrogen (secondary N) is 1. The lowest BCUT2D eigenvalue weighted by Crippen LogP contribution is -2.50. The van der Waals surface area contributed by atoms with E-state index in [4.69, 9.17) is 4.74 Å². The maximum atomic E-state index is 5.53. The number of hydrogen-bond donors (Lipinski definition) is 1. The summed E-state index contributed by atoms with van der Waals surface area (Å²) in [5, 5.41) is 3.20. The number of halogens is 1. The van der Waals surface area contributed by atoms with Crippen molar-refractivity contribution < 1.29 is 4.74 Å². The van der Waals surface area contributed by atoms with Crippen molar-refractivity contribution in [2.75, 3.05) is 38.3 Å². The van der Waals surface area contributed by atoms with Crippen molar-refractivity contribution in [3.8, 4) is 0 Å². The Hall–Kier alpha value is -0.650. The summed E-state index contributed by atoms with van der Waals surface area (Å²) < 4.78 is 6.58. The molecule has 1 unspecified atom stereocenters. The molecule has 0 saturated carbocycles. The van der Waals surface area contributed by atoms with Crippen molar-refractivity contribution in [3.63, 3.8) is 0 Å². The molecular formula is C12H18BrN3O. The van der Waals surface area contributed by atoms with Crippen LogP contribution < -0.4 is 10.2 Å². The van der Waals surface area contributed by atoms with Gasteiger partial charge >= 0.3 is 0 Å². The molecule has 1 fully saturated rings. The summed E-state index contributed by atoms with van der Waals surface area (Å²) in [6.45, 7) is 5.36. The monoisotopic (exact) mass is 299 g/mol. The molecule has 2 rings (SSSR count). The lowest BCUT2D eigenvalue weighted by atomic mass is 10.2. The number of hydrogen-bond acceptors (Lipinski definition) is 4. The molecule has 0 bridgehead atoms. The van der Waals surface area contributed by atoms with Crippen LogP contribution in [-0.2, 0) is 4.74 Å². The fourth-order valence-corrected chi connectivity index (χ4v) is 2.77. The van der Waals surface area contributed by atoms with Gasteiger partial charge < -0.3 is 15.0 Å². The highest BCUT2D eigenvalue weighted by Gasteiger charge is 2.24. The molecule has 1 aromatic rings. The highest BCUT2D eigenvalue weighted by molar-refractivity contribution is 9.10. The third-order valence-corrected chi connectivity index (χ3v) is 3.48. The number of likely N-dealkylation sites (N-methyl/N-ethyl adjacent to an activating group) is 1. The van der Waals surface area contributed by atoms with Gasteiger partial charge in [0.05, 0.1) is 23.7 Å². The Labute approximate surface area is 110 Å². The predicted molar refractivity (Wildman–Crippen MR) is 72.6 cm³/mol. The minimum atomic E-state index is 0.347. The first-order valence-electron chi connectivity index (χ1n) is 5.83. The molecule has 1 N–H and O–H groups in total. The van der Waals surface area contributed by atoms with Gasteiger partial charge in [-0.15, -0.1) is 0 Å². The Kier molecular flexibility index (Phi) is 4.36. The van der Waals surface area contributed by atoms with Gasteiger partial charge in [-0.25, -0.2) is 4.98 Å².